The number of rotatable bonds is 8. The zero-order chi connectivity index (χ0) is 39.9. The van der Waals surface area contributed by atoms with Gasteiger partial charge in [0.1, 0.15) is 42.7 Å². The maximum atomic E-state index is 12.2. The highest BCUT2D eigenvalue weighted by Crippen LogP contribution is 2.76. The summed E-state index contributed by atoms with van der Waals surface area (Å²) in [6.07, 6.45) is -5.95. The molecule has 4 aliphatic carbocycles. The summed E-state index contributed by atoms with van der Waals surface area (Å²) < 4.78 is 25.2. The molecule has 0 spiro atoms. The third-order valence-corrected chi connectivity index (χ3v) is 16.0. The van der Waals surface area contributed by atoms with E-state index in [0.29, 0.717) is 19.3 Å². The third kappa shape index (κ3) is 6.79. The zero-order valence-corrected chi connectivity index (χ0v) is 33.8. The van der Waals surface area contributed by atoms with Crippen LogP contribution in [-0.4, -0.2) is 127 Å². The van der Waals surface area contributed by atoms with Crippen molar-refractivity contribution in [2.75, 3.05) is 6.61 Å². The van der Waals surface area contributed by atoms with Crippen LogP contribution in [0.3, 0.4) is 0 Å². The fourth-order valence-corrected chi connectivity index (χ4v) is 12.9. The molecule has 0 bridgehead atoms. The number of hydrogen-bond donors (Lipinski definition) is 8. The molecule has 12 nitrogen and oxygen atoms in total. The van der Waals surface area contributed by atoms with E-state index in [1.54, 1.807) is 6.92 Å². The lowest BCUT2D eigenvalue weighted by Crippen LogP contribution is -2.70. The van der Waals surface area contributed by atoms with Gasteiger partial charge in [0.25, 0.3) is 0 Å². The lowest BCUT2D eigenvalue weighted by molar-refractivity contribution is -0.381. The van der Waals surface area contributed by atoms with Crippen molar-refractivity contribution in [1.29, 1.82) is 0 Å². The molecule has 0 aromatic rings. The smallest absolute Gasteiger partial charge is 0.187 e. The summed E-state index contributed by atoms with van der Waals surface area (Å²) in [6.45, 7) is 18.6. The topological polar surface area (TPSA) is 199 Å². The van der Waals surface area contributed by atoms with Gasteiger partial charge in [-0.1, -0.05) is 57.9 Å². The molecule has 2 heterocycles. The molecule has 6 rings (SSSR count). The van der Waals surface area contributed by atoms with Crippen LogP contribution in [-0.2, 0) is 18.9 Å². The van der Waals surface area contributed by atoms with E-state index in [0.717, 1.165) is 25.7 Å². The average Bonchev–Trinajstić information content (AvgIpc) is 3.48. The Kier molecular flexibility index (Phi) is 12.1. The van der Waals surface area contributed by atoms with Crippen molar-refractivity contribution in [2.45, 2.75) is 187 Å². The average molecular weight is 767 g/mol. The lowest BCUT2D eigenvalue weighted by Gasteiger charge is -2.72. The Morgan fingerprint density at radius 1 is 0.759 bits per heavy atom. The fraction of sp³-hybridized carbons (Fsp3) is 0.905. The van der Waals surface area contributed by atoms with Gasteiger partial charge in [-0.2, -0.15) is 0 Å². The van der Waals surface area contributed by atoms with Crippen LogP contribution in [0.2, 0.25) is 0 Å². The highest BCUT2D eigenvalue weighted by molar-refractivity contribution is 5.24. The molecule has 0 radical (unpaired) electrons. The minimum absolute atomic E-state index is 0.0508. The van der Waals surface area contributed by atoms with E-state index in [1.807, 2.05) is 0 Å². The number of fused-ring (bicyclic) bond motifs is 5. The van der Waals surface area contributed by atoms with Gasteiger partial charge in [-0.3, -0.25) is 0 Å². The molecular weight excluding hydrogens is 696 g/mol. The molecule has 8 N–H and O–H groups in total. The number of aliphatic hydroxyl groups is 8. The number of allylic oxidation sites excluding steroid dienone is 4. The van der Waals surface area contributed by atoms with Crippen molar-refractivity contribution in [3.8, 4) is 0 Å². The molecule has 54 heavy (non-hydrogen) atoms. The molecule has 0 aromatic heterocycles. The molecule has 6 fully saturated rings. The second-order valence-corrected chi connectivity index (χ2v) is 19.6. The molecule has 310 valence electrons. The minimum Gasteiger partial charge on any atom is -0.394 e. The van der Waals surface area contributed by atoms with E-state index >= 15 is 0 Å². The second-order valence-electron chi connectivity index (χ2n) is 19.6. The van der Waals surface area contributed by atoms with Gasteiger partial charge in [0.05, 0.1) is 31.0 Å². The van der Waals surface area contributed by atoms with Crippen LogP contribution in [0.1, 0.15) is 107 Å². The van der Waals surface area contributed by atoms with Crippen LogP contribution < -0.4 is 0 Å². The third-order valence-electron chi connectivity index (χ3n) is 16.0. The summed E-state index contributed by atoms with van der Waals surface area (Å²) in [5.74, 6) is 0.234. The standard InChI is InChI=1S/C42H70O12/c1-20(2)11-10-12-21(3)23-13-16-41(8)29(23)24(44)17-27-40(7)15-14-28(45)39(5,6)36(40)25(18-42(27,41)9)52-38-35(33(49)30(46)22(4)51-38)54-37-34(50)32(48)31(47)26(19-43)53-37/h11-12,22-38,43-50H,10,13-19H2,1-9H3/b21-12+/t22-,23+,24+,25-,26+,27+,28-,29-,30-,31+,32-,33+,34+,35+,36-,37-,38+,40+,41+,42+/m0/s1. The van der Waals surface area contributed by atoms with Crippen LogP contribution in [0.5, 0.6) is 0 Å². The van der Waals surface area contributed by atoms with Crippen molar-refractivity contribution in [2.24, 2.45) is 45.3 Å². The monoisotopic (exact) mass is 766 g/mol. The van der Waals surface area contributed by atoms with Gasteiger partial charge in [0, 0.05) is 0 Å². The van der Waals surface area contributed by atoms with Crippen molar-refractivity contribution in [1.82, 2.24) is 0 Å². The summed E-state index contributed by atoms with van der Waals surface area (Å²) in [7, 11) is 0. The number of aliphatic hydroxyl groups excluding tert-OH is 8. The molecule has 0 unspecified atom stereocenters. The Labute approximate surface area is 321 Å². The first kappa shape index (κ1) is 42.6. The van der Waals surface area contributed by atoms with Gasteiger partial charge in [-0.15, -0.1) is 0 Å². The highest BCUT2D eigenvalue weighted by atomic mass is 16.8. The van der Waals surface area contributed by atoms with Gasteiger partial charge in [-0.05, 0) is 118 Å². The largest absolute Gasteiger partial charge is 0.394 e. The van der Waals surface area contributed by atoms with E-state index < -0.39 is 91.7 Å². The first-order chi connectivity index (χ1) is 25.1. The molecule has 20 atom stereocenters. The summed E-state index contributed by atoms with van der Waals surface area (Å²) in [5, 5.41) is 87.8. The maximum Gasteiger partial charge on any atom is 0.187 e. The number of ether oxygens (including phenoxy) is 4. The second kappa shape index (κ2) is 15.3. The molecule has 12 heteroatoms. The van der Waals surface area contributed by atoms with E-state index in [2.05, 4.69) is 67.5 Å². The fourth-order valence-electron chi connectivity index (χ4n) is 12.9. The Hall–Kier alpha value is -1.00. The molecule has 0 amide bonds. The maximum absolute atomic E-state index is 12.2. The van der Waals surface area contributed by atoms with Crippen LogP contribution in [0.25, 0.3) is 0 Å². The molecule has 2 saturated heterocycles. The molecule has 4 saturated carbocycles. The predicted molar refractivity (Wildman–Crippen MR) is 199 cm³/mol. The van der Waals surface area contributed by atoms with Gasteiger partial charge in [-0.25, -0.2) is 0 Å². The van der Waals surface area contributed by atoms with Crippen LogP contribution in [0, 0.1) is 45.3 Å². The van der Waals surface area contributed by atoms with Crippen LogP contribution in [0.15, 0.2) is 23.3 Å². The van der Waals surface area contributed by atoms with Crippen LogP contribution in [0.4, 0.5) is 0 Å². The van der Waals surface area contributed by atoms with Crippen molar-refractivity contribution < 1.29 is 59.8 Å². The van der Waals surface area contributed by atoms with Crippen molar-refractivity contribution in [3.05, 3.63) is 23.3 Å². The first-order valence-electron chi connectivity index (χ1n) is 20.4. The first-order valence-corrected chi connectivity index (χ1v) is 20.4. The van der Waals surface area contributed by atoms with E-state index in [1.165, 1.54) is 11.1 Å². The van der Waals surface area contributed by atoms with Gasteiger partial charge in [0.2, 0.25) is 0 Å². The number of hydrogen-bond acceptors (Lipinski definition) is 12. The Balaban J connectivity index is 1.38. The summed E-state index contributed by atoms with van der Waals surface area (Å²) in [5.41, 5.74) is 1.10. The van der Waals surface area contributed by atoms with E-state index in [4.69, 9.17) is 18.9 Å². The van der Waals surface area contributed by atoms with Crippen molar-refractivity contribution >= 4 is 0 Å². The predicted octanol–water partition coefficient (Wildman–Crippen LogP) is 2.95. The normalized spacial score (nSPS) is 53.3. The summed E-state index contributed by atoms with van der Waals surface area (Å²) in [6, 6.07) is 0. The molecule has 2 aliphatic heterocycles. The quantitative estimate of drug-likeness (QED) is 0.133. The van der Waals surface area contributed by atoms with Crippen LogP contribution >= 0.6 is 0 Å². The van der Waals surface area contributed by atoms with E-state index in [9.17, 15) is 40.9 Å². The van der Waals surface area contributed by atoms with Crippen molar-refractivity contribution in [3.63, 3.8) is 0 Å². The Bertz CT molecular complexity index is 1400. The summed E-state index contributed by atoms with van der Waals surface area (Å²) >= 11 is 0. The summed E-state index contributed by atoms with van der Waals surface area (Å²) in [4.78, 5) is 0. The molecular formula is C42H70O12. The highest BCUT2D eigenvalue weighted by Gasteiger charge is 2.73. The zero-order valence-electron chi connectivity index (χ0n) is 33.8. The van der Waals surface area contributed by atoms with E-state index in [-0.39, 0.29) is 39.9 Å². The van der Waals surface area contributed by atoms with Gasteiger partial charge < -0.3 is 59.8 Å². The Morgan fingerprint density at radius 2 is 1.44 bits per heavy atom. The molecule has 0 aromatic carbocycles. The van der Waals surface area contributed by atoms with Gasteiger partial charge in [0.15, 0.2) is 12.6 Å². The Morgan fingerprint density at radius 3 is 2.09 bits per heavy atom. The lowest BCUT2D eigenvalue weighted by atomic mass is 9.34. The van der Waals surface area contributed by atoms with Gasteiger partial charge >= 0.3 is 0 Å². The SMILES string of the molecule is CC(C)=CC/C=C(\C)[C@H]1CC[C@]2(C)[C@@H]1[C@H](O)C[C@@H]1[C@@]3(C)CC[C@H](O)C(C)(C)[C@@H]3[C@@H](O[C@H]3O[C@@H](C)[C@H](O)[C@@H](O)[C@H]3O[C@@H]3O[C@H](CO)[C@@H](O)[C@H](O)[C@H]3O)C[C@]12C. The minimum atomic E-state index is -1.74. The molecule has 6 aliphatic rings.